The van der Waals surface area contributed by atoms with Crippen LogP contribution in [0.5, 0.6) is 0 Å². The first-order valence-electron chi connectivity index (χ1n) is 3.67. The third-order valence-corrected chi connectivity index (χ3v) is 1.76. The molecule has 72 valence electrons. The van der Waals surface area contributed by atoms with Crippen LogP contribution in [-0.4, -0.2) is 16.2 Å². The highest BCUT2D eigenvalue weighted by atomic mass is 19.1. The molecule has 0 aromatic heterocycles. The highest BCUT2D eigenvalue weighted by Gasteiger charge is 2.16. The lowest BCUT2D eigenvalue weighted by atomic mass is 10.0. The molecule has 0 aliphatic heterocycles. The zero-order valence-corrected chi connectivity index (χ0v) is 6.99. The Morgan fingerprint density at radius 3 is 2.64 bits per heavy atom. The summed E-state index contributed by atoms with van der Waals surface area (Å²) in [5.74, 6) is -2.11. The number of aliphatic hydroxyl groups is 1. The molecule has 0 spiro atoms. The molecule has 0 saturated carbocycles. The van der Waals surface area contributed by atoms with Crippen LogP contribution in [0.15, 0.2) is 12.1 Å². The molecule has 1 aromatic rings. The van der Waals surface area contributed by atoms with E-state index in [1.165, 1.54) is 0 Å². The normalized spacial score (nSPS) is 9.50. The molecule has 0 unspecified atom stereocenters. The molecule has 1 aromatic carbocycles. The van der Waals surface area contributed by atoms with E-state index in [1.54, 1.807) is 6.07 Å². The summed E-state index contributed by atoms with van der Waals surface area (Å²) in [6, 6.07) is 3.46. The molecule has 0 radical (unpaired) electrons. The number of nitriles is 1. The number of hydrogen-bond donors (Lipinski definition) is 2. The Bertz CT molecular complexity index is 423. The standard InChI is InChI=1S/C9H6FNO3/c10-8-2-1-5(9(13)14)6(3-11)7(8)4-12/h1-2,12H,4H2,(H,13,14). The number of hydrogen-bond acceptors (Lipinski definition) is 3. The number of carbonyl (C=O) groups is 1. The Balaban J connectivity index is 3.50. The van der Waals surface area contributed by atoms with E-state index in [0.717, 1.165) is 12.1 Å². The second-order valence-corrected chi connectivity index (χ2v) is 2.52. The number of carboxylic acid groups (broad SMARTS) is 1. The minimum absolute atomic E-state index is 0.285. The summed E-state index contributed by atoms with van der Waals surface area (Å²) in [7, 11) is 0. The number of nitrogens with zero attached hydrogens (tertiary/aromatic N) is 1. The van der Waals surface area contributed by atoms with Crippen molar-refractivity contribution < 1.29 is 19.4 Å². The molecule has 0 aliphatic carbocycles. The van der Waals surface area contributed by atoms with Crippen LogP contribution < -0.4 is 0 Å². The van der Waals surface area contributed by atoms with Crippen LogP contribution in [0.4, 0.5) is 4.39 Å². The van der Waals surface area contributed by atoms with Gasteiger partial charge in [0.25, 0.3) is 0 Å². The summed E-state index contributed by atoms with van der Waals surface area (Å²) < 4.78 is 13.0. The van der Waals surface area contributed by atoms with Crippen LogP contribution in [0.25, 0.3) is 0 Å². The summed E-state index contributed by atoms with van der Waals surface area (Å²) in [6.45, 7) is -0.699. The third-order valence-electron chi connectivity index (χ3n) is 1.76. The van der Waals surface area contributed by atoms with Gasteiger partial charge in [-0.1, -0.05) is 0 Å². The van der Waals surface area contributed by atoms with Gasteiger partial charge in [-0.15, -0.1) is 0 Å². The van der Waals surface area contributed by atoms with Crippen molar-refractivity contribution in [2.24, 2.45) is 0 Å². The topological polar surface area (TPSA) is 81.3 Å². The number of carboxylic acids is 1. The van der Waals surface area contributed by atoms with Gasteiger partial charge >= 0.3 is 5.97 Å². The molecule has 0 aliphatic rings. The van der Waals surface area contributed by atoms with Gasteiger partial charge < -0.3 is 10.2 Å². The zero-order valence-electron chi connectivity index (χ0n) is 6.99. The number of aliphatic hydroxyl groups excluding tert-OH is 1. The quantitative estimate of drug-likeness (QED) is 0.734. The largest absolute Gasteiger partial charge is 0.478 e. The molecule has 1 rings (SSSR count). The molecule has 0 saturated heterocycles. The van der Waals surface area contributed by atoms with E-state index in [2.05, 4.69) is 0 Å². The SMILES string of the molecule is N#Cc1c(C(=O)O)ccc(F)c1CO. The fourth-order valence-corrected chi connectivity index (χ4v) is 1.08. The third kappa shape index (κ3) is 1.56. The summed E-state index contributed by atoms with van der Waals surface area (Å²) in [6.07, 6.45) is 0. The van der Waals surface area contributed by atoms with Crippen LogP contribution in [0, 0.1) is 17.1 Å². The predicted octanol–water partition coefficient (Wildman–Crippen LogP) is 0.888. The maximum absolute atomic E-state index is 13.0. The number of rotatable bonds is 2. The van der Waals surface area contributed by atoms with Crippen molar-refractivity contribution in [1.29, 1.82) is 5.26 Å². The highest BCUT2D eigenvalue weighted by molar-refractivity contribution is 5.91. The van der Waals surface area contributed by atoms with Crippen LogP contribution >= 0.6 is 0 Å². The summed E-state index contributed by atoms with van der Waals surface area (Å²) >= 11 is 0. The lowest BCUT2D eigenvalue weighted by Gasteiger charge is -2.04. The molecular weight excluding hydrogens is 189 g/mol. The molecule has 0 atom stereocenters. The fourth-order valence-electron chi connectivity index (χ4n) is 1.08. The summed E-state index contributed by atoms with van der Waals surface area (Å²) in [4.78, 5) is 10.6. The second kappa shape index (κ2) is 3.85. The van der Waals surface area contributed by atoms with Crippen LogP contribution in [-0.2, 0) is 6.61 Å². The van der Waals surface area contributed by atoms with Crippen molar-refractivity contribution in [1.82, 2.24) is 0 Å². The van der Waals surface area contributed by atoms with Gasteiger partial charge in [0.2, 0.25) is 0 Å². The van der Waals surface area contributed by atoms with Crippen molar-refractivity contribution in [2.75, 3.05) is 0 Å². The van der Waals surface area contributed by atoms with Crippen molar-refractivity contribution in [3.05, 3.63) is 34.6 Å². The maximum atomic E-state index is 13.0. The average Bonchev–Trinajstić information content (AvgIpc) is 2.16. The summed E-state index contributed by atoms with van der Waals surface area (Å²) in [5.41, 5.74) is -0.926. The molecule has 5 heteroatoms. The summed E-state index contributed by atoms with van der Waals surface area (Å²) in [5, 5.41) is 26.0. The van der Waals surface area contributed by atoms with E-state index in [4.69, 9.17) is 15.5 Å². The minimum atomic E-state index is -1.32. The van der Waals surface area contributed by atoms with Gasteiger partial charge in [0.1, 0.15) is 11.9 Å². The van der Waals surface area contributed by atoms with Gasteiger partial charge in [0.05, 0.1) is 17.7 Å². The monoisotopic (exact) mass is 195 g/mol. The van der Waals surface area contributed by atoms with E-state index in [0.29, 0.717) is 0 Å². The molecule has 0 heterocycles. The van der Waals surface area contributed by atoms with Crippen LogP contribution in [0.1, 0.15) is 21.5 Å². The van der Waals surface area contributed by atoms with Crippen molar-refractivity contribution in [3.63, 3.8) is 0 Å². The van der Waals surface area contributed by atoms with Gasteiger partial charge in [0.15, 0.2) is 0 Å². The number of aromatic carboxylic acids is 1. The van der Waals surface area contributed by atoms with Crippen molar-refractivity contribution in [2.45, 2.75) is 6.61 Å². The van der Waals surface area contributed by atoms with Crippen LogP contribution in [0.3, 0.4) is 0 Å². The number of halogens is 1. The first-order valence-corrected chi connectivity index (χ1v) is 3.67. The molecule has 2 N–H and O–H groups in total. The predicted molar refractivity (Wildman–Crippen MR) is 44.0 cm³/mol. The molecule has 0 amide bonds. The molecule has 14 heavy (non-hydrogen) atoms. The molecular formula is C9H6FNO3. The highest BCUT2D eigenvalue weighted by Crippen LogP contribution is 2.17. The lowest BCUT2D eigenvalue weighted by Crippen LogP contribution is -2.05. The van der Waals surface area contributed by atoms with Gasteiger partial charge in [-0.2, -0.15) is 5.26 Å². The zero-order chi connectivity index (χ0) is 10.7. The molecule has 0 bridgehead atoms. The fraction of sp³-hybridized carbons (Fsp3) is 0.111. The Kier molecular flexibility index (Phi) is 2.79. The van der Waals surface area contributed by atoms with Crippen molar-refractivity contribution in [3.8, 4) is 6.07 Å². The van der Waals surface area contributed by atoms with E-state index in [1.807, 2.05) is 0 Å². The number of benzene rings is 1. The first kappa shape index (κ1) is 10.2. The molecule has 4 nitrogen and oxygen atoms in total. The average molecular weight is 195 g/mol. The Morgan fingerprint density at radius 2 is 2.21 bits per heavy atom. The molecule has 0 fully saturated rings. The van der Waals surface area contributed by atoms with E-state index >= 15 is 0 Å². The van der Waals surface area contributed by atoms with E-state index in [9.17, 15) is 9.18 Å². The van der Waals surface area contributed by atoms with Gasteiger partial charge in [-0.25, -0.2) is 9.18 Å². The minimum Gasteiger partial charge on any atom is -0.478 e. The Morgan fingerprint density at radius 1 is 1.57 bits per heavy atom. The Labute approximate surface area is 78.8 Å². The smallest absolute Gasteiger partial charge is 0.337 e. The van der Waals surface area contributed by atoms with Gasteiger partial charge in [0, 0.05) is 5.56 Å². The van der Waals surface area contributed by atoms with Gasteiger partial charge in [-0.05, 0) is 12.1 Å². The first-order chi connectivity index (χ1) is 6.61. The van der Waals surface area contributed by atoms with Crippen LogP contribution in [0.2, 0.25) is 0 Å². The maximum Gasteiger partial charge on any atom is 0.337 e. The van der Waals surface area contributed by atoms with Gasteiger partial charge in [-0.3, -0.25) is 0 Å². The van der Waals surface area contributed by atoms with Crippen molar-refractivity contribution >= 4 is 5.97 Å². The lowest BCUT2D eigenvalue weighted by molar-refractivity contribution is 0.0696. The second-order valence-electron chi connectivity index (χ2n) is 2.52. The van der Waals surface area contributed by atoms with E-state index < -0.39 is 18.4 Å². The Hall–Kier alpha value is -1.93. The van der Waals surface area contributed by atoms with E-state index in [-0.39, 0.29) is 16.7 Å².